The molecule has 0 aromatic heterocycles. The molecule has 1 heterocycles. The van der Waals surface area contributed by atoms with E-state index in [0.717, 1.165) is 12.0 Å². The van der Waals surface area contributed by atoms with E-state index < -0.39 is 0 Å². The third kappa shape index (κ3) is 3.93. The Bertz CT molecular complexity index is 918. The Balaban J connectivity index is 1.45. The molecular weight excluding hydrogens is 352 g/mol. The zero-order valence-corrected chi connectivity index (χ0v) is 15.9. The molecule has 0 bridgehead atoms. The lowest BCUT2D eigenvalue weighted by Crippen LogP contribution is -2.41. The number of amides is 2. The summed E-state index contributed by atoms with van der Waals surface area (Å²) in [4.78, 5) is 24.8. The number of hydrogen-bond donors (Lipinski definition) is 2. The first-order valence-electron chi connectivity index (χ1n) is 9.81. The van der Waals surface area contributed by atoms with Crippen molar-refractivity contribution in [3.63, 3.8) is 0 Å². The van der Waals surface area contributed by atoms with E-state index in [9.17, 15) is 9.59 Å². The van der Waals surface area contributed by atoms with Crippen molar-refractivity contribution < 1.29 is 14.3 Å². The SMILES string of the molecule is C[C@@H]1CCCC[C@@H]1NC(=O)c1ccc(/C=C2/Oc3ccccc3NC2=O)cc1. The molecule has 0 radical (unpaired) electrons. The smallest absolute Gasteiger partial charge is 0.291 e. The molecule has 2 N–H and O–H groups in total. The molecule has 144 valence electrons. The molecule has 5 nitrogen and oxygen atoms in total. The quantitative estimate of drug-likeness (QED) is 0.782. The first-order valence-corrected chi connectivity index (χ1v) is 9.81. The average Bonchev–Trinajstić information content (AvgIpc) is 2.71. The van der Waals surface area contributed by atoms with Gasteiger partial charge in [0.15, 0.2) is 11.5 Å². The van der Waals surface area contributed by atoms with Crippen LogP contribution < -0.4 is 15.4 Å². The summed E-state index contributed by atoms with van der Waals surface area (Å²) in [7, 11) is 0. The molecule has 0 spiro atoms. The summed E-state index contributed by atoms with van der Waals surface area (Å²) < 4.78 is 5.71. The minimum absolute atomic E-state index is 0.0430. The fraction of sp³-hybridized carbons (Fsp3) is 0.304. The van der Waals surface area contributed by atoms with Gasteiger partial charge in [0, 0.05) is 11.6 Å². The van der Waals surface area contributed by atoms with Gasteiger partial charge in [-0.05, 0) is 54.7 Å². The minimum Gasteiger partial charge on any atom is -0.449 e. The van der Waals surface area contributed by atoms with Crippen molar-refractivity contribution >= 4 is 23.6 Å². The summed E-state index contributed by atoms with van der Waals surface area (Å²) in [5, 5.41) is 5.97. The Labute approximate surface area is 164 Å². The van der Waals surface area contributed by atoms with Crippen molar-refractivity contribution in [1.82, 2.24) is 5.32 Å². The summed E-state index contributed by atoms with van der Waals surface area (Å²) in [6.45, 7) is 2.20. The van der Waals surface area contributed by atoms with Crippen LogP contribution in [0.4, 0.5) is 5.69 Å². The second-order valence-electron chi connectivity index (χ2n) is 7.52. The normalized spacial score (nSPS) is 22.8. The Morgan fingerprint density at radius 1 is 1.11 bits per heavy atom. The molecule has 28 heavy (non-hydrogen) atoms. The van der Waals surface area contributed by atoms with Crippen molar-refractivity contribution in [2.45, 2.75) is 38.6 Å². The van der Waals surface area contributed by atoms with Crippen molar-refractivity contribution in [2.24, 2.45) is 5.92 Å². The Hall–Kier alpha value is -3.08. The molecule has 1 fully saturated rings. The molecule has 2 aromatic carbocycles. The van der Waals surface area contributed by atoms with Crippen molar-refractivity contribution in [2.75, 3.05) is 5.32 Å². The predicted molar refractivity (Wildman–Crippen MR) is 109 cm³/mol. The second kappa shape index (κ2) is 7.89. The maximum Gasteiger partial charge on any atom is 0.291 e. The zero-order valence-electron chi connectivity index (χ0n) is 15.9. The number of benzene rings is 2. The molecule has 2 aromatic rings. The van der Waals surface area contributed by atoms with E-state index in [2.05, 4.69) is 17.6 Å². The Morgan fingerprint density at radius 2 is 1.86 bits per heavy atom. The van der Waals surface area contributed by atoms with Gasteiger partial charge in [0.1, 0.15) is 0 Å². The number of carbonyl (C=O) groups is 2. The fourth-order valence-electron chi connectivity index (χ4n) is 3.77. The van der Waals surface area contributed by atoms with Gasteiger partial charge in [-0.15, -0.1) is 0 Å². The van der Waals surface area contributed by atoms with Gasteiger partial charge in [0.05, 0.1) is 5.69 Å². The molecule has 2 atom stereocenters. The van der Waals surface area contributed by atoms with Crippen LogP contribution in [0.25, 0.3) is 6.08 Å². The molecule has 2 amide bonds. The number of nitrogens with one attached hydrogen (secondary N) is 2. The molecule has 1 saturated carbocycles. The van der Waals surface area contributed by atoms with Crippen LogP contribution in [-0.2, 0) is 4.79 Å². The van der Waals surface area contributed by atoms with E-state index >= 15 is 0 Å². The monoisotopic (exact) mass is 376 g/mol. The van der Waals surface area contributed by atoms with Gasteiger partial charge < -0.3 is 15.4 Å². The minimum atomic E-state index is -0.285. The highest BCUT2D eigenvalue weighted by Gasteiger charge is 2.23. The molecule has 2 aliphatic rings. The Kier molecular flexibility index (Phi) is 5.15. The van der Waals surface area contributed by atoms with E-state index in [-0.39, 0.29) is 23.6 Å². The van der Waals surface area contributed by atoms with Gasteiger partial charge in [-0.25, -0.2) is 0 Å². The molecular formula is C23H24N2O3. The van der Waals surface area contributed by atoms with E-state index in [1.165, 1.54) is 19.3 Å². The number of rotatable bonds is 3. The molecule has 1 aliphatic carbocycles. The third-order valence-electron chi connectivity index (χ3n) is 5.48. The zero-order chi connectivity index (χ0) is 19.5. The summed E-state index contributed by atoms with van der Waals surface area (Å²) in [5.74, 6) is 1.04. The number of hydrogen-bond acceptors (Lipinski definition) is 3. The van der Waals surface area contributed by atoms with Gasteiger partial charge in [-0.2, -0.15) is 0 Å². The lowest BCUT2D eigenvalue weighted by Gasteiger charge is -2.29. The second-order valence-corrected chi connectivity index (χ2v) is 7.52. The van der Waals surface area contributed by atoms with Crippen LogP contribution in [0.2, 0.25) is 0 Å². The summed E-state index contributed by atoms with van der Waals surface area (Å²) in [6.07, 6.45) is 6.31. The molecule has 4 rings (SSSR count). The highest BCUT2D eigenvalue weighted by molar-refractivity contribution is 6.08. The predicted octanol–water partition coefficient (Wildman–Crippen LogP) is 4.37. The van der Waals surface area contributed by atoms with Gasteiger partial charge in [0.25, 0.3) is 11.8 Å². The van der Waals surface area contributed by atoms with Crippen LogP contribution in [0.15, 0.2) is 54.3 Å². The van der Waals surface area contributed by atoms with Crippen molar-refractivity contribution in [1.29, 1.82) is 0 Å². The van der Waals surface area contributed by atoms with Crippen LogP contribution >= 0.6 is 0 Å². The highest BCUT2D eigenvalue weighted by atomic mass is 16.5. The summed E-state index contributed by atoms with van der Waals surface area (Å²) in [6, 6.07) is 14.8. The number of para-hydroxylation sites is 2. The first-order chi connectivity index (χ1) is 13.6. The lowest BCUT2D eigenvalue weighted by atomic mass is 9.86. The topological polar surface area (TPSA) is 67.4 Å². The maximum absolute atomic E-state index is 12.5. The van der Waals surface area contributed by atoms with Gasteiger partial charge >= 0.3 is 0 Å². The van der Waals surface area contributed by atoms with Crippen LogP contribution in [0.5, 0.6) is 5.75 Å². The van der Waals surface area contributed by atoms with Crippen LogP contribution in [-0.4, -0.2) is 17.9 Å². The van der Waals surface area contributed by atoms with Crippen LogP contribution in [0, 0.1) is 5.92 Å². The van der Waals surface area contributed by atoms with Crippen molar-refractivity contribution in [3.8, 4) is 5.75 Å². The molecule has 5 heteroatoms. The first kappa shape index (κ1) is 18.3. The van der Waals surface area contributed by atoms with Crippen molar-refractivity contribution in [3.05, 3.63) is 65.4 Å². The van der Waals surface area contributed by atoms with E-state index in [1.807, 2.05) is 30.3 Å². The summed E-state index contributed by atoms with van der Waals surface area (Å²) >= 11 is 0. The van der Waals surface area contributed by atoms with Gasteiger partial charge in [-0.1, -0.05) is 44.0 Å². The van der Waals surface area contributed by atoms with E-state index in [4.69, 9.17) is 4.74 Å². The number of fused-ring (bicyclic) bond motifs is 1. The third-order valence-corrected chi connectivity index (χ3v) is 5.48. The standard InChI is InChI=1S/C23H24N2O3/c1-15-6-2-3-7-18(15)24-22(26)17-12-10-16(11-13-17)14-21-23(27)25-19-8-4-5-9-20(19)28-21/h4-5,8-15,18H,2-3,6-7H2,1H3,(H,24,26)(H,25,27)/b21-14+/t15-,18+/m1/s1. The highest BCUT2D eigenvalue weighted by Crippen LogP contribution is 2.30. The van der Waals surface area contributed by atoms with Crippen LogP contribution in [0.3, 0.4) is 0 Å². The molecule has 0 unspecified atom stereocenters. The van der Waals surface area contributed by atoms with Gasteiger partial charge in [0.2, 0.25) is 0 Å². The summed E-state index contributed by atoms with van der Waals surface area (Å²) in [5.41, 5.74) is 2.08. The average molecular weight is 376 g/mol. The lowest BCUT2D eigenvalue weighted by molar-refractivity contribution is -0.115. The number of carbonyl (C=O) groups excluding carboxylic acids is 2. The Morgan fingerprint density at radius 3 is 2.64 bits per heavy atom. The van der Waals surface area contributed by atoms with E-state index in [0.29, 0.717) is 22.9 Å². The largest absolute Gasteiger partial charge is 0.449 e. The van der Waals surface area contributed by atoms with E-state index in [1.54, 1.807) is 24.3 Å². The van der Waals surface area contributed by atoms with Gasteiger partial charge in [-0.3, -0.25) is 9.59 Å². The van der Waals surface area contributed by atoms with Crippen LogP contribution in [0.1, 0.15) is 48.5 Å². The maximum atomic E-state index is 12.5. The number of anilines is 1. The molecule has 0 saturated heterocycles. The number of ether oxygens (including phenoxy) is 1. The molecule has 1 aliphatic heterocycles. The fourth-order valence-corrected chi connectivity index (χ4v) is 3.77.